The highest BCUT2D eigenvalue weighted by atomic mass is 16.5. The van der Waals surface area contributed by atoms with Crippen molar-refractivity contribution in [3.8, 4) is 0 Å². The number of ether oxygens (including phenoxy) is 1. The van der Waals surface area contributed by atoms with E-state index in [1.54, 1.807) is 0 Å². The summed E-state index contributed by atoms with van der Waals surface area (Å²) in [6, 6.07) is 0.279. The van der Waals surface area contributed by atoms with Crippen molar-refractivity contribution in [1.29, 1.82) is 0 Å². The molecule has 98 valence electrons. The fraction of sp³-hybridized carbons (Fsp3) is 0.923. The Balaban J connectivity index is 1.88. The highest BCUT2D eigenvalue weighted by Gasteiger charge is 2.30. The first-order valence-electron chi connectivity index (χ1n) is 6.90. The molecule has 4 nitrogen and oxygen atoms in total. The van der Waals surface area contributed by atoms with Crippen LogP contribution in [0.1, 0.15) is 44.9 Å². The molecule has 0 aromatic carbocycles. The number of amides is 1. The molecule has 2 rings (SSSR count). The van der Waals surface area contributed by atoms with Gasteiger partial charge in [0.05, 0.1) is 12.6 Å². The number of rotatable bonds is 4. The standard InChI is InChI=1S/C13H24N2O2/c14-13(16)12(10-5-4-8-17-9-10)15-11-6-2-1-3-7-11/h10-12,15H,1-9H2,(H2,14,16). The van der Waals surface area contributed by atoms with E-state index >= 15 is 0 Å². The van der Waals surface area contributed by atoms with E-state index in [4.69, 9.17) is 10.5 Å². The molecule has 1 heterocycles. The normalized spacial score (nSPS) is 28.8. The Bertz CT molecular complexity index is 246. The second kappa shape index (κ2) is 6.36. The van der Waals surface area contributed by atoms with Crippen LogP contribution in [0.5, 0.6) is 0 Å². The topological polar surface area (TPSA) is 64.4 Å². The van der Waals surface area contributed by atoms with E-state index < -0.39 is 0 Å². The summed E-state index contributed by atoms with van der Waals surface area (Å²) in [4.78, 5) is 11.6. The first kappa shape index (κ1) is 12.8. The maximum Gasteiger partial charge on any atom is 0.234 e. The van der Waals surface area contributed by atoms with Crippen molar-refractivity contribution < 1.29 is 9.53 Å². The molecule has 17 heavy (non-hydrogen) atoms. The van der Waals surface area contributed by atoms with E-state index in [-0.39, 0.29) is 17.9 Å². The molecule has 2 aliphatic rings. The lowest BCUT2D eigenvalue weighted by molar-refractivity contribution is -0.123. The summed E-state index contributed by atoms with van der Waals surface area (Å²) in [6.07, 6.45) is 8.31. The highest BCUT2D eigenvalue weighted by Crippen LogP contribution is 2.22. The van der Waals surface area contributed by atoms with Crippen molar-refractivity contribution in [3.63, 3.8) is 0 Å². The molecular weight excluding hydrogens is 216 g/mol. The predicted octanol–water partition coefficient (Wildman–Crippen LogP) is 1.19. The van der Waals surface area contributed by atoms with Gasteiger partial charge in [0.2, 0.25) is 5.91 Å². The van der Waals surface area contributed by atoms with E-state index in [2.05, 4.69) is 5.32 Å². The largest absolute Gasteiger partial charge is 0.381 e. The third-order valence-corrected chi connectivity index (χ3v) is 3.99. The lowest BCUT2D eigenvalue weighted by Gasteiger charge is -2.33. The molecule has 3 N–H and O–H groups in total. The summed E-state index contributed by atoms with van der Waals surface area (Å²) in [5, 5.41) is 3.47. The molecule has 0 aromatic rings. The molecule has 4 heteroatoms. The van der Waals surface area contributed by atoms with E-state index in [0.29, 0.717) is 12.6 Å². The minimum Gasteiger partial charge on any atom is -0.381 e. The first-order valence-corrected chi connectivity index (χ1v) is 6.90. The predicted molar refractivity (Wildman–Crippen MR) is 66.5 cm³/mol. The molecule has 1 saturated carbocycles. The zero-order valence-electron chi connectivity index (χ0n) is 10.5. The molecule has 0 aromatic heterocycles. The van der Waals surface area contributed by atoms with Crippen molar-refractivity contribution in [3.05, 3.63) is 0 Å². The summed E-state index contributed by atoms with van der Waals surface area (Å²) < 4.78 is 5.45. The van der Waals surface area contributed by atoms with Crippen LogP contribution >= 0.6 is 0 Å². The van der Waals surface area contributed by atoms with Crippen molar-refractivity contribution >= 4 is 5.91 Å². The van der Waals surface area contributed by atoms with Crippen LogP contribution in [0.25, 0.3) is 0 Å². The smallest absolute Gasteiger partial charge is 0.234 e. The Morgan fingerprint density at radius 1 is 1.18 bits per heavy atom. The number of primary amides is 1. The molecule has 0 radical (unpaired) electrons. The van der Waals surface area contributed by atoms with Crippen LogP contribution in [-0.4, -0.2) is 31.2 Å². The molecule has 1 aliphatic carbocycles. The third-order valence-electron chi connectivity index (χ3n) is 3.99. The molecule has 2 fully saturated rings. The average Bonchev–Trinajstić information content (AvgIpc) is 2.38. The second-order valence-electron chi connectivity index (χ2n) is 5.36. The van der Waals surface area contributed by atoms with Gasteiger partial charge in [0, 0.05) is 18.6 Å². The average molecular weight is 240 g/mol. The second-order valence-corrected chi connectivity index (χ2v) is 5.36. The van der Waals surface area contributed by atoms with Gasteiger partial charge in [-0.15, -0.1) is 0 Å². The molecule has 0 spiro atoms. The van der Waals surface area contributed by atoms with Gasteiger partial charge in [0.25, 0.3) is 0 Å². The number of nitrogens with two attached hydrogens (primary N) is 1. The maximum absolute atomic E-state index is 11.6. The quantitative estimate of drug-likeness (QED) is 0.776. The number of hydrogen-bond donors (Lipinski definition) is 2. The van der Waals surface area contributed by atoms with E-state index in [1.807, 2.05) is 0 Å². The van der Waals surface area contributed by atoms with Gasteiger partial charge in [-0.2, -0.15) is 0 Å². The summed E-state index contributed by atoms with van der Waals surface area (Å²) >= 11 is 0. The van der Waals surface area contributed by atoms with Gasteiger partial charge in [0.15, 0.2) is 0 Å². The van der Waals surface area contributed by atoms with Crippen molar-refractivity contribution in [2.75, 3.05) is 13.2 Å². The van der Waals surface area contributed by atoms with E-state index in [0.717, 1.165) is 19.4 Å². The Labute approximate surface area is 103 Å². The Morgan fingerprint density at radius 2 is 1.94 bits per heavy atom. The van der Waals surface area contributed by atoms with Gasteiger partial charge in [-0.1, -0.05) is 19.3 Å². The Hall–Kier alpha value is -0.610. The van der Waals surface area contributed by atoms with E-state index in [9.17, 15) is 4.79 Å². The van der Waals surface area contributed by atoms with Crippen LogP contribution < -0.4 is 11.1 Å². The van der Waals surface area contributed by atoms with Gasteiger partial charge in [-0.25, -0.2) is 0 Å². The summed E-state index contributed by atoms with van der Waals surface area (Å²) in [5.74, 6) is 0.0502. The zero-order valence-corrected chi connectivity index (χ0v) is 10.5. The zero-order chi connectivity index (χ0) is 12.1. The Morgan fingerprint density at radius 3 is 2.53 bits per heavy atom. The summed E-state index contributed by atoms with van der Waals surface area (Å²) in [6.45, 7) is 1.50. The minimum atomic E-state index is -0.217. The first-order chi connectivity index (χ1) is 8.27. The lowest BCUT2D eigenvalue weighted by Crippen LogP contribution is -2.52. The number of carbonyl (C=O) groups excluding carboxylic acids is 1. The van der Waals surface area contributed by atoms with Gasteiger partial charge < -0.3 is 15.8 Å². The van der Waals surface area contributed by atoms with Crippen molar-refractivity contribution in [2.45, 2.75) is 57.0 Å². The Kier molecular flexibility index (Phi) is 4.80. The van der Waals surface area contributed by atoms with Crippen molar-refractivity contribution in [1.82, 2.24) is 5.32 Å². The molecule has 1 amide bonds. The minimum absolute atomic E-state index is 0.196. The molecular formula is C13H24N2O2. The van der Waals surface area contributed by atoms with Gasteiger partial charge in [-0.3, -0.25) is 4.79 Å². The molecule has 1 aliphatic heterocycles. The van der Waals surface area contributed by atoms with Crippen molar-refractivity contribution in [2.24, 2.45) is 11.7 Å². The van der Waals surface area contributed by atoms with Crippen LogP contribution in [-0.2, 0) is 9.53 Å². The lowest BCUT2D eigenvalue weighted by atomic mass is 9.89. The van der Waals surface area contributed by atoms with Crippen LogP contribution in [0.2, 0.25) is 0 Å². The van der Waals surface area contributed by atoms with Gasteiger partial charge in [0.1, 0.15) is 0 Å². The molecule has 0 bridgehead atoms. The SMILES string of the molecule is NC(=O)C(NC1CCCCC1)C1CCCOC1. The molecule has 2 atom stereocenters. The van der Waals surface area contributed by atoms with Crippen LogP contribution in [0.3, 0.4) is 0 Å². The molecule has 1 saturated heterocycles. The highest BCUT2D eigenvalue weighted by molar-refractivity contribution is 5.80. The fourth-order valence-electron chi connectivity index (χ4n) is 3.00. The van der Waals surface area contributed by atoms with E-state index in [1.165, 1.54) is 32.1 Å². The van der Waals surface area contributed by atoms with Crippen LogP contribution in [0.15, 0.2) is 0 Å². The number of carbonyl (C=O) groups is 1. The summed E-state index contributed by atoms with van der Waals surface area (Å²) in [5.41, 5.74) is 5.53. The fourth-order valence-corrected chi connectivity index (χ4v) is 3.00. The molecule has 2 unspecified atom stereocenters. The third kappa shape index (κ3) is 3.68. The van der Waals surface area contributed by atoms with Crippen LogP contribution in [0, 0.1) is 5.92 Å². The number of nitrogens with one attached hydrogen (secondary N) is 1. The summed E-state index contributed by atoms with van der Waals surface area (Å²) in [7, 11) is 0. The van der Waals surface area contributed by atoms with Crippen LogP contribution in [0.4, 0.5) is 0 Å². The monoisotopic (exact) mass is 240 g/mol. The number of hydrogen-bond acceptors (Lipinski definition) is 3. The van der Waals surface area contributed by atoms with Gasteiger partial charge >= 0.3 is 0 Å². The van der Waals surface area contributed by atoms with Gasteiger partial charge in [-0.05, 0) is 25.7 Å². The maximum atomic E-state index is 11.6.